The first-order chi connectivity index (χ1) is 14.1. The van der Waals surface area contributed by atoms with Crippen molar-refractivity contribution in [2.75, 3.05) is 13.7 Å². The van der Waals surface area contributed by atoms with Crippen LogP contribution in [0, 0.1) is 0 Å². The van der Waals surface area contributed by atoms with Crippen LogP contribution in [0.15, 0.2) is 53.3 Å². The lowest BCUT2D eigenvalue weighted by Crippen LogP contribution is -2.20. The molecule has 1 aromatic heterocycles. The van der Waals surface area contributed by atoms with E-state index in [1.54, 1.807) is 30.3 Å². The second-order valence-corrected chi connectivity index (χ2v) is 7.49. The van der Waals surface area contributed by atoms with Gasteiger partial charge in [-0.2, -0.15) is 0 Å². The lowest BCUT2D eigenvalue weighted by Gasteiger charge is -2.04. The summed E-state index contributed by atoms with van der Waals surface area (Å²) in [5, 5.41) is 0. The van der Waals surface area contributed by atoms with E-state index in [9.17, 15) is 9.59 Å². The van der Waals surface area contributed by atoms with Crippen molar-refractivity contribution in [3.8, 4) is 11.5 Å². The van der Waals surface area contributed by atoms with Crippen LogP contribution in [0.25, 0.3) is 12.2 Å². The second kappa shape index (κ2) is 9.89. The van der Waals surface area contributed by atoms with Crippen LogP contribution in [0.3, 0.4) is 0 Å². The maximum absolute atomic E-state index is 12.5. The largest absolute Gasteiger partial charge is 0.496 e. The van der Waals surface area contributed by atoms with Gasteiger partial charge in [0.2, 0.25) is 0 Å². The summed E-state index contributed by atoms with van der Waals surface area (Å²) in [6, 6.07) is 14.6. The van der Waals surface area contributed by atoms with E-state index in [1.807, 2.05) is 24.3 Å². The van der Waals surface area contributed by atoms with Crippen LogP contribution in [-0.4, -0.2) is 24.5 Å². The van der Waals surface area contributed by atoms with E-state index < -0.39 is 0 Å². The number of thiazole rings is 1. The number of rotatable bonds is 8. The molecule has 0 atom stereocenters. The van der Waals surface area contributed by atoms with E-state index in [0.717, 1.165) is 24.2 Å². The highest BCUT2D eigenvalue weighted by Gasteiger charge is 2.09. The molecule has 0 saturated heterocycles. The average Bonchev–Trinajstić information content (AvgIpc) is 3.08. The van der Waals surface area contributed by atoms with Crippen molar-refractivity contribution < 1.29 is 14.3 Å². The number of para-hydroxylation sites is 1. The van der Waals surface area contributed by atoms with Gasteiger partial charge in [0, 0.05) is 6.08 Å². The summed E-state index contributed by atoms with van der Waals surface area (Å²) in [5.41, 5.74) is 1.12. The molecule has 3 aromatic rings. The molecule has 0 amide bonds. The molecular formula is C23H23NO4S. The number of ketones is 1. The summed E-state index contributed by atoms with van der Waals surface area (Å²) in [7, 11) is 1.52. The fourth-order valence-corrected chi connectivity index (χ4v) is 3.60. The quantitative estimate of drug-likeness (QED) is 0.459. The Hall–Kier alpha value is -3.12. The van der Waals surface area contributed by atoms with E-state index >= 15 is 0 Å². The summed E-state index contributed by atoms with van der Waals surface area (Å²) in [5.74, 6) is 1.09. The second-order valence-electron chi connectivity index (χ2n) is 6.41. The Morgan fingerprint density at radius 2 is 1.90 bits per heavy atom. The first-order valence-electron chi connectivity index (χ1n) is 9.43. The first-order valence-corrected chi connectivity index (χ1v) is 10.2. The van der Waals surface area contributed by atoms with Gasteiger partial charge in [-0.3, -0.25) is 9.59 Å². The van der Waals surface area contributed by atoms with Gasteiger partial charge in [-0.1, -0.05) is 37.6 Å². The molecule has 1 N–H and O–H groups in total. The molecular weight excluding hydrogens is 386 g/mol. The Kier molecular flexibility index (Phi) is 7.03. The van der Waals surface area contributed by atoms with Crippen molar-refractivity contribution in [3.63, 3.8) is 0 Å². The highest BCUT2D eigenvalue weighted by atomic mass is 32.1. The maximum Gasteiger partial charge on any atom is 0.266 e. The van der Waals surface area contributed by atoms with Crippen LogP contribution in [0.1, 0.15) is 35.7 Å². The van der Waals surface area contributed by atoms with E-state index in [1.165, 1.54) is 24.5 Å². The van der Waals surface area contributed by atoms with Gasteiger partial charge in [-0.25, -0.2) is 0 Å². The monoisotopic (exact) mass is 409 g/mol. The Bertz CT molecular complexity index is 1140. The number of unbranched alkanes of at least 4 members (excludes halogenated alkanes) is 1. The zero-order valence-corrected chi connectivity index (χ0v) is 17.3. The summed E-state index contributed by atoms with van der Waals surface area (Å²) in [6.45, 7) is 2.82. The number of nitrogens with one attached hydrogen (secondary N) is 1. The minimum absolute atomic E-state index is 0.222. The zero-order valence-electron chi connectivity index (χ0n) is 16.4. The summed E-state index contributed by atoms with van der Waals surface area (Å²) >= 11 is 1.24. The number of aromatic nitrogens is 1. The molecule has 0 saturated carbocycles. The predicted molar refractivity (Wildman–Crippen MR) is 116 cm³/mol. The van der Waals surface area contributed by atoms with Gasteiger partial charge in [-0.15, -0.1) is 11.3 Å². The van der Waals surface area contributed by atoms with Crippen molar-refractivity contribution >= 4 is 29.3 Å². The minimum Gasteiger partial charge on any atom is -0.496 e. The minimum atomic E-state index is -0.225. The fourth-order valence-electron chi connectivity index (χ4n) is 2.72. The Morgan fingerprint density at radius 1 is 1.14 bits per heavy atom. The number of carbonyl (C=O) groups excluding carboxylic acids is 1. The number of ether oxygens (including phenoxy) is 2. The standard InChI is InChI=1S/C23H23NO4S/c1-3-4-13-28-17-11-9-16(10-12-17)14-21-23(26)24-22(29-21)15-19(25)18-7-5-6-8-20(18)27-2/h5-12,14-15H,3-4,13H2,1-2H3,(H,24,26)/b21-14-,22-15-. The molecule has 0 radical (unpaired) electrons. The van der Waals surface area contributed by atoms with E-state index in [4.69, 9.17) is 9.47 Å². The molecule has 5 nitrogen and oxygen atoms in total. The van der Waals surface area contributed by atoms with Crippen LogP contribution >= 0.6 is 11.3 Å². The van der Waals surface area contributed by atoms with Gasteiger partial charge in [0.15, 0.2) is 5.78 Å². The summed E-state index contributed by atoms with van der Waals surface area (Å²) in [4.78, 5) is 27.6. The van der Waals surface area contributed by atoms with E-state index in [0.29, 0.717) is 27.1 Å². The highest BCUT2D eigenvalue weighted by molar-refractivity contribution is 7.07. The van der Waals surface area contributed by atoms with Crippen LogP contribution in [0.4, 0.5) is 0 Å². The molecule has 29 heavy (non-hydrogen) atoms. The summed E-state index contributed by atoms with van der Waals surface area (Å²) < 4.78 is 11.9. The number of methoxy groups -OCH3 is 1. The van der Waals surface area contributed by atoms with Crippen molar-refractivity contribution in [1.29, 1.82) is 0 Å². The van der Waals surface area contributed by atoms with Crippen molar-refractivity contribution in [3.05, 3.63) is 79.2 Å². The lowest BCUT2D eigenvalue weighted by atomic mass is 10.1. The number of hydrogen-bond donors (Lipinski definition) is 1. The number of Topliss-reactive ketones (excluding diaryl/α,β-unsaturated/α-hetero) is 1. The van der Waals surface area contributed by atoms with Crippen LogP contribution < -0.4 is 24.2 Å². The van der Waals surface area contributed by atoms with Gasteiger partial charge in [0.05, 0.1) is 28.5 Å². The normalized spacial score (nSPS) is 12.2. The van der Waals surface area contributed by atoms with E-state index in [2.05, 4.69) is 11.9 Å². The Morgan fingerprint density at radius 3 is 2.62 bits per heavy atom. The topological polar surface area (TPSA) is 68.4 Å². The van der Waals surface area contributed by atoms with Crippen molar-refractivity contribution in [1.82, 2.24) is 4.98 Å². The Labute approximate surface area is 172 Å². The van der Waals surface area contributed by atoms with E-state index in [-0.39, 0.29) is 11.3 Å². The number of benzene rings is 2. The molecule has 3 rings (SSSR count). The SMILES string of the molecule is CCCCOc1ccc(/C=c2\s/c(=C\C(=O)c3ccccc3OC)[nH]c2=O)cc1. The molecule has 2 aromatic carbocycles. The fraction of sp³-hybridized carbons (Fsp3) is 0.217. The van der Waals surface area contributed by atoms with Gasteiger partial charge < -0.3 is 14.5 Å². The molecule has 6 heteroatoms. The molecule has 0 spiro atoms. The van der Waals surface area contributed by atoms with Gasteiger partial charge in [0.25, 0.3) is 5.56 Å². The lowest BCUT2D eigenvalue weighted by molar-refractivity contribution is 0.105. The van der Waals surface area contributed by atoms with Gasteiger partial charge in [-0.05, 0) is 42.3 Å². The molecule has 0 aliphatic heterocycles. The summed E-state index contributed by atoms with van der Waals surface area (Å²) in [6.07, 6.45) is 5.33. The third-order valence-electron chi connectivity index (χ3n) is 4.26. The van der Waals surface area contributed by atoms with Crippen molar-refractivity contribution in [2.24, 2.45) is 0 Å². The number of hydrogen-bond acceptors (Lipinski definition) is 5. The van der Waals surface area contributed by atoms with Crippen molar-refractivity contribution in [2.45, 2.75) is 19.8 Å². The average molecular weight is 410 g/mol. The molecule has 0 aliphatic carbocycles. The number of aromatic amines is 1. The third kappa shape index (κ3) is 5.45. The van der Waals surface area contributed by atoms with Crippen LogP contribution in [0.5, 0.6) is 11.5 Å². The molecule has 0 unspecified atom stereocenters. The van der Waals surface area contributed by atoms with Gasteiger partial charge in [0.1, 0.15) is 11.5 Å². The van der Waals surface area contributed by atoms with Gasteiger partial charge >= 0.3 is 0 Å². The number of H-pyrrole nitrogens is 1. The number of carbonyl (C=O) groups is 1. The van der Waals surface area contributed by atoms with Crippen LogP contribution in [-0.2, 0) is 0 Å². The predicted octanol–water partition coefficient (Wildman–Crippen LogP) is 3.12. The third-order valence-corrected chi connectivity index (χ3v) is 5.22. The smallest absolute Gasteiger partial charge is 0.266 e. The molecule has 0 fully saturated rings. The first kappa shape index (κ1) is 20.6. The molecule has 0 bridgehead atoms. The molecule has 150 valence electrons. The molecule has 0 aliphatic rings. The Balaban J connectivity index is 1.83. The molecule has 1 heterocycles. The highest BCUT2D eigenvalue weighted by Crippen LogP contribution is 2.18. The van der Waals surface area contributed by atoms with Crippen LogP contribution in [0.2, 0.25) is 0 Å². The maximum atomic E-state index is 12.5. The zero-order chi connectivity index (χ0) is 20.6.